The summed E-state index contributed by atoms with van der Waals surface area (Å²) < 4.78 is 1.72. The average Bonchev–Trinajstić information content (AvgIpc) is 3.26. The van der Waals surface area contributed by atoms with Crippen LogP contribution in [0.5, 0.6) is 0 Å². The van der Waals surface area contributed by atoms with Gasteiger partial charge in [-0.05, 0) is 24.0 Å². The number of imidazole rings is 1. The van der Waals surface area contributed by atoms with Gasteiger partial charge in [0.1, 0.15) is 23.2 Å². The SMILES string of the molecule is CC(=O)N(CCCCCl)n1cnc2c(SC(c3ccccc3)c3ccccc3)ncnc21. The fourth-order valence-corrected chi connectivity index (χ4v) is 4.90. The van der Waals surface area contributed by atoms with Crippen LogP contribution in [0.3, 0.4) is 0 Å². The molecule has 0 saturated carbocycles. The molecule has 8 heteroatoms. The quantitative estimate of drug-likeness (QED) is 0.147. The molecule has 6 nitrogen and oxygen atoms in total. The molecule has 2 aromatic heterocycles. The molecule has 4 rings (SSSR count). The molecule has 0 unspecified atom stereocenters. The highest BCUT2D eigenvalue weighted by atomic mass is 35.5. The minimum absolute atomic E-state index is 0.0493. The molecule has 0 aliphatic carbocycles. The van der Waals surface area contributed by atoms with E-state index in [1.807, 2.05) is 36.4 Å². The van der Waals surface area contributed by atoms with Crippen molar-refractivity contribution in [2.24, 2.45) is 0 Å². The summed E-state index contributed by atoms with van der Waals surface area (Å²) in [7, 11) is 0. The molecule has 1 amide bonds. The second-order valence-electron chi connectivity index (χ2n) is 7.30. The number of thioether (sulfide) groups is 1. The van der Waals surface area contributed by atoms with Crippen LogP contribution < -0.4 is 5.01 Å². The summed E-state index contributed by atoms with van der Waals surface area (Å²) >= 11 is 7.44. The normalized spacial score (nSPS) is 11.2. The number of hydrogen-bond donors (Lipinski definition) is 0. The Bertz CT molecular complexity index is 1130. The number of carbonyl (C=O) groups excluding carboxylic acids is 1. The van der Waals surface area contributed by atoms with Crippen LogP contribution in [0.4, 0.5) is 0 Å². The first-order chi connectivity index (χ1) is 15.7. The molecule has 2 heterocycles. The predicted octanol–water partition coefficient (Wildman–Crippen LogP) is 5.21. The Morgan fingerprint density at radius 3 is 2.25 bits per heavy atom. The van der Waals surface area contributed by atoms with E-state index in [-0.39, 0.29) is 11.2 Å². The fraction of sp³-hybridized carbons (Fsp3) is 0.250. The van der Waals surface area contributed by atoms with Crippen LogP contribution in [0.25, 0.3) is 11.2 Å². The zero-order valence-corrected chi connectivity index (χ0v) is 19.3. The van der Waals surface area contributed by atoms with Gasteiger partial charge < -0.3 is 0 Å². The molecule has 0 bridgehead atoms. The molecule has 0 atom stereocenters. The maximum absolute atomic E-state index is 12.3. The van der Waals surface area contributed by atoms with Crippen molar-refractivity contribution in [3.63, 3.8) is 0 Å². The Morgan fingerprint density at radius 2 is 1.66 bits per heavy atom. The molecule has 0 aliphatic heterocycles. The first-order valence-corrected chi connectivity index (χ1v) is 11.9. The van der Waals surface area contributed by atoms with Gasteiger partial charge in [-0.1, -0.05) is 72.4 Å². The number of unbranched alkanes of at least 4 members (excludes halogenated alkanes) is 1. The van der Waals surface area contributed by atoms with Crippen LogP contribution in [0.15, 0.2) is 78.3 Å². The molecular formula is C24H24ClN5OS. The van der Waals surface area contributed by atoms with Crippen molar-refractivity contribution in [1.29, 1.82) is 0 Å². The molecule has 4 aromatic rings. The predicted molar refractivity (Wildman–Crippen MR) is 130 cm³/mol. The van der Waals surface area contributed by atoms with Gasteiger partial charge in [-0.25, -0.2) is 24.6 Å². The maximum Gasteiger partial charge on any atom is 0.238 e. The monoisotopic (exact) mass is 465 g/mol. The lowest BCUT2D eigenvalue weighted by Crippen LogP contribution is -2.39. The number of rotatable bonds is 9. The van der Waals surface area contributed by atoms with E-state index >= 15 is 0 Å². The highest BCUT2D eigenvalue weighted by Crippen LogP contribution is 2.41. The summed E-state index contributed by atoms with van der Waals surface area (Å²) in [5.74, 6) is 0.498. The number of halogens is 1. The number of alkyl halides is 1. The molecule has 164 valence electrons. The Hall–Kier alpha value is -2.90. The topological polar surface area (TPSA) is 63.9 Å². The van der Waals surface area contributed by atoms with Crippen LogP contribution in [0.1, 0.15) is 36.1 Å². The van der Waals surface area contributed by atoms with Gasteiger partial charge in [-0.2, -0.15) is 0 Å². The van der Waals surface area contributed by atoms with Gasteiger partial charge >= 0.3 is 0 Å². The van der Waals surface area contributed by atoms with Gasteiger partial charge in [0.15, 0.2) is 5.65 Å². The largest absolute Gasteiger partial charge is 0.273 e. The molecule has 0 spiro atoms. The number of aromatic nitrogens is 4. The first-order valence-electron chi connectivity index (χ1n) is 10.5. The van der Waals surface area contributed by atoms with E-state index in [1.165, 1.54) is 17.5 Å². The van der Waals surface area contributed by atoms with Crippen molar-refractivity contribution in [1.82, 2.24) is 19.6 Å². The Labute approximate surface area is 196 Å². The van der Waals surface area contributed by atoms with Crippen molar-refractivity contribution < 1.29 is 4.79 Å². The third-order valence-corrected chi connectivity index (χ3v) is 6.66. The van der Waals surface area contributed by atoms with Gasteiger partial charge in [-0.3, -0.25) is 4.79 Å². The van der Waals surface area contributed by atoms with Gasteiger partial charge in [-0.15, -0.1) is 11.6 Å². The molecule has 0 fully saturated rings. The van der Waals surface area contributed by atoms with Gasteiger partial charge in [0, 0.05) is 19.3 Å². The molecular weight excluding hydrogens is 442 g/mol. The second-order valence-corrected chi connectivity index (χ2v) is 8.77. The van der Waals surface area contributed by atoms with E-state index < -0.39 is 0 Å². The van der Waals surface area contributed by atoms with Crippen LogP contribution in [-0.2, 0) is 4.79 Å². The van der Waals surface area contributed by atoms with Crippen molar-refractivity contribution >= 4 is 40.4 Å². The van der Waals surface area contributed by atoms with E-state index in [0.717, 1.165) is 17.9 Å². The Morgan fingerprint density at radius 1 is 1.00 bits per heavy atom. The Balaban J connectivity index is 1.71. The summed E-state index contributed by atoms with van der Waals surface area (Å²) in [5.41, 5.74) is 3.66. The van der Waals surface area contributed by atoms with E-state index in [2.05, 4.69) is 39.2 Å². The van der Waals surface area contributed by atoms with E-state index in [1.54, 1.807) is 34.7 Å². The van der Waals surface area contributed by atoms with E-state index in [9.17, 15) is 4.79 Å². The van der Waals surface area contributed by atoms with Crippen molar-refractivity contribution in [3.8, 4) is 0 Å². The van der Waals surface area contributed by atoms with Crippen molar-refractivity contribution in [2.45, 2.75) is 30.0 Å². The fourth-order valence-electron chi connectivity index (χ4n) is 3.53. The zero-order valence-electron chi connectivity index (χ0n) is 17.8. The lowest BCUT2D eigenvalue weighted by Gasteiger charge is -2.22. The van der Waals surface area contributed by atoms with Gasteiger partial charge in [0.25, 0.3) is 0 Å². The number of benzene rings is 2. The van der Waals surface area contributed by atoms with E-state index in [0.29, 0.717) is 23.6 Å². The molecule has 0 aliphatic rings. The molecule has 0 radical (unpaired) electrons. The number of amides is 1. The van der Waals surface area contributed by atoms with Crippen LogP contribution in [-0.4, -0.2) is 38.0 Å². The molecule has 0 N–H and O–H groups in total. The molecule has 0 saturated heterocycles. The van der Waals surface area contributed by atoms with Crippen molar-refractivity contribution in [2.75, 3.05) is 17.4 Å². The summed E-state index contributed by atoms with van der Waals surface area (Å²) in [4.78, 5) is 25.9. The summed E-state index contributed by atoms with van der Waals surface area (Å²) in [6.07, 6.45) is 4.82. The van der Waals surface area contributed by atoms with Crippen LogP contribution in [0, 0.1) is 0 Å². The number of carbonyl (C=O) groups is 1. The van der Waals surface area contributed by atoms with Crippen LogP contribution >= 0.6 is 23.4 Å². The molecule has 32 heavy (non-hydrogen) atoms. The summed E-state index contributed by atoms with van der Waals surface area (Å²) in [6, 6.07) is 20.7. The van der Waals surface area contributed by atoms with Crippen molar-refractivity contribution in [3.05, 3.63) is 84.4 Å². The lowest BCUT2D eigenvalue weighted by molar-refractivity contribution is -0.118. The minimum atomic E-state index is -0.0712. The van der Waals surface area contributed by atoms with E-state index in [4.69, 9.17) is 11.6 Å². The number of nitrogens with zero attached hydrogens (tertiary/aromatic N) is 5. The molecule has 2 aromatic carbocycles. The van der Waals surface area contributed by atoms with Gasteiger partial charge in [0.2, 0.25) is 5.91 Å². The summed E-state index contributed by atoms with van der Waals surface area (Å²) in [6.45, 7) is 2.10. The highest BCUT2D eigenvalue weighted by Gasteiger charge is 2.21. The van der Waals surface area contributed by atoms with Crippen LogP contribution in [0.2, 0.25) is 0 Å². The highest BCUT2D eigenvalue weighted by molar-refractivity contribution is 7.99. The summed E-state index contributed by atoms with van der Waals surface area (Å²) in [5, 5.41) is 2.47. The zero-order chi connectivity index (χ0) is 22.3. The first kappa shape index (κ1) is 22.3. The number of hydrogen-bond acceptors (Lipinski definition) is 5. The lowest BCUT2D eigenvalue weighted by atomic mass is 10.0. The average molecular weight is 466 g/mol. The second kappa shape index (κ2) is 10.6. The smallest absolute Gasteiger partial charge is 0.238 e. The number of fused-ring (bicyclic) bond motifs is 1. The van der Waals surface area contributed by atoms with Gasteiger partial charge in [0.05, 0.1) is 5.25 Å². The third kappa shape index (κ3) is 4.95. The Kier molecular flexibility index (Phi) is 7.39. The minimum Gasteiger partial charge on any atom is -0.273 e. The third-order valence-electron chi connectivity index (χ3n) is 5.09. The standard InChI is InChI=1S/C24H24ClN5OS/c1-18(31)29(15-9-8-14-25)30-17-28-21-23(30)26-16-27-24(21)32-22(19-10-4-2-5-11-19)20-12-6-3-7-13-20/h2-7,10-13,16-17,22H,8-9,14-15H2,1H3. The maximum atomic E-state index is 12.3.